The van der Waals surface area contributed by atoms with Crippen molar-refractivity contribution in [1.82, 2.24) is 19.6 Å². The summed E-state index contributed by atoms with van der Waals surface area (Å²) in [6.07, 6.45) is 7.83. The van der Waals surface area contributed by atoms with Crippen molar-refractivity contribution in [3.63, 3.8) is 0 Å². The van der Waals surface area contributed by atoms with Crippen LogP contribution < -0.4 is 0 Å². The van der Waals surface area contributed by atoms with Crippen LogP contribution in [0.4, 0.5) is 0 Å². The van der Waals surface area contributed by atoms with E-state index >= 15 is 0 Å². The van der Waals surface area contributed by atoms with Crippen molar-refractivity contribution in [3.8, 4) is 11.3 Å². The third-order valence-corrected chi connectivity index (χ3v) is 5.85. The Morgan fingerprint density at radius 3 is 2.91 bits per heavy atom. The molecule has 4 nitrogen and oxygen atoms in total. The molecule has 4 aromatic rings. The van der Waals surface area contributed by atoms with Gasteiger partial charge in [-0.2, -0.15) is 5.10 Å². The summed E-state index contributed by atoms with van der Waals surface area (Å²) in [5.41, 5.74) is 3.82. The van der Waals surface area contributed by atoms with E-state index in [1.165, 1.54) is 29.5 Å². The molecule has 5 heteroatoms. The van der Waals surface area contributed by atoms with E-state index in [9.17, 15) is 0 Å². The summed E-state index contributed by atoms with van der Waals surface area (Å²) in [5.74, 6) is 0.767. The number of rotatable bonds is 2. The second-order valence-corrected chi connectivity index (χ2v) is 7.36. The fraction of sp³-hybridized carbons (Fsp3) is 0.278. The van der Waals surface area contributed by atoms with Gasteiger partial charge in [0.2, 0.25) is 0 Å². The number of imidazole rings is 1. The second kappa shape index (κ2) is 4.86. The first-order chi connectivity index (χ1) is 11.3. The lowest BCUT2D eigenvalue weighted by molar-refractivity contribution is 0.426. The largest absolute Gasteiger partial charge is 0.237 e. The van der Waals surface area contributed by atoms with Crippen LogP contribution in [0.5, 0.6) is 0 Å². The van der Waals surface area contributed by atoms with Crippen LogP contribution in [-0.2, 0) is 0 Å². The zero-order valence-corrected chi connectivity index (χ0v) is 13.7. The Morgan fingerprint density at radius 2 is 2.09 bits per heavy atom. The smallest absolute Gasteiger partial charge is 0.154 e. The van der Waals surface area contributed by atoms with Crippen molar-refractivity contribution >= 4 is 27.2 Å². The molecule has 0 radical (unpaired) electrons. The maximum atomic E-state index is 4.86. The molecule has 1 saturated carbocycles. The monoisotopic (exact) mass is 320 g/mol. The third-order valence-electron chi connectivity index (χ3n) is 4.65. The molecule has 0 unspecified atom stereocenters. The first-order valence-corrected chi connectivity index (χ1v) is 8.81. The quantitative estimate of drug-likeness (QED) is 0.543. The van der Waals surface area contributed by atoms with Gasteiger partial charge in [-0.15, -0.1) is 11.3 Å². The highest BCUT2D eigenvalue weighted by Gasteiger charge is 2.21. The van der Waals surface area contributed by atoms with Gasteiger partial charge in [-0.1, -0.05) is 6.42 Å². The molecule has 4 heterocycles. The normalized spacial score (nSPS) is 15.3. The average molecular weight is 320 g/mol. The number of aryl methyl sites for hydroxylation is 1. The molecule has 4 aromatic heterocycles. The Morgan fingerprint density at radius 1 is 1.17 bits per heavy atom. The van der Waals surface area contributed by atoms with Gasteiger partial charge in [0.1, 0.15) is 4.83 Å². The number of pyridine rings is 1. The van der Waals surface area contributed by atoms with Crippen LogP contribution in [0.3, 0.4) is 0 Å². The Kier molecular flexibility index (Phi) is 2.79. The molecule has 1 aliphatic carbocycles. The highest BCUT2D eigenvalue weighted by atomic mass is 32.1. The summed E-state index contributed by atoms with van der Waals surface area (Å²) in [6, 6.07) is 8.63. The second-order valence-electron chi connectivity index (χ2n) is 6.30. The van der Waals surface area contributed by atoms with E-state index in [2.05, 4.69) is 34.3 Å². The molecule has 0 aliphatic heterocycles. The summed E-state index contributed by atoms with van der Waals surface area (Å²) < 4.78 is 1.80. The lowest BCUT2D eigenvalue weighted by Crippen LogP contribution is -2.06. The molecule has 0 bridgehead atoms. The highest BCUT2D eigenvalue weighted by molar-refractivity contribution is 7.18. The van der Waals surface area contributed by atoms with Gasteiger partial charge >= 0.3 is 0 Å². The number of fused-ring (bicyclic) bond motifs is 2. The third kappa shape index (κ3) is 2.15. The van der Waals surface area contributed by atoms with Gasteiger partial charge in [-0.3, -0.25) is 0 Å². The zero-order chi connectivity index (χ0) is 15.4. The summed E-state index contributed by atoms with van der Waals surface area (Å²) in [5, 5.41) is 5.69. The summed E-state index contributed by atoms with van der Waals surface area (Å²) in [7, 11) is 0. The van der Waals surface area contributed by atoms with Gasteiger partial charge in [0.15, 0.2) is 5.65 Å². The van der Waals surface area contributed by atoms with Crippen molar-refractivity contribution in [1.29, 1.82) is 0 Å². The maximum absolute atomic E-state index is 4.86. The minimum atomic E-state index is 0.767. The topological polar surface area (TPSA) is 43.1 Å². The van der Waals surface area contributed by atoms with Crippen LogP contribution in [0.25, 0.3) is 27.1 Å². The van der Waals surface area contributed by atoms with Gasteiger partial charge in [-0.05, 0) is 49.9 Å². The first-order valence-electron chi connectivity index (χ1n) is 7.99. The predicted octanol–water partition coefficient (Wildman–Crippen LogP) is 4.58. The van der Waals surface area contributed by atoms with Crippen LogP contribution in [0.1, 0.15) is 35.8 Å². The van der Waals surface area contributed by atoms with E-state index in [0.717, 1.165) is 33.3 Å². The highest BCUT2D eigenvalue weighted by Crippen LogP contribution is 2.41. The number of hydrogen-bond donors (Lipinski definition) is 0. The van der Waals surface area contributed by atoms with Gasteiger partial charge in [0.25, 0.3) is 0 Å². The van der Waals surface area contributed by atoms with Crippen LogP contribution >= 0.6 is 11.3 Å². The molecule has 0 aromatic carbocycles. The molecule has 114 valence electrons. The summed E-state index contributed by atoms with van der Waals surface area (Å²) in [6.45, 7) is 1.98. The predicted molar refractivity (Wildman–Crippen MR) is 92.9 cm³/mol. The van der Waals surface area contributed by atoms with Crippen molar-refractivity contribution in [3.05, 3.63) is 47.2 Å². The van der Waals surface area contributed by atoms with E-state index in [1.54, 1.807) is 4.52 Å². The van der Waals surface area contributed by atoms with Crippen molar-refractivity contribution in [2.45, 2.75) is 32.1 Å². The van der Waals surface area contributed by atoms with E-state index < -0.39 is 0 Å². The van der Waals surface area contributed by atoms with Crippen molar-refractivity contribution in [2.24, 2.45) is 0 Å². The van der Waals surface area contributed by atoms with E-state index in [-0.39, 0.29) is 0 Å². The Hall–Kier alpha value is -2.27. The van der Waals surface area contributed by atoms with Gasteiger partial charge in [0.05, 0.1) is 23.8 Å². The SMILES string of the molecule is Cc1cn2ncc(-c3ccc4cc(C5CCC5)sc4n3)cc2n1. The van der Waals surface area contributed by atoms with E-state index in [0.29, 0.717) is 0 Å². The fourth-order valence-electron chi connectivity index (χ4n) is 3.13. The number of thiophene rings is 1. The molecule has 1 fully saturated rings. The summed E-state index contributed by atoms with van der Waals surface area (Å²) in [4.78, 5) is 12.0. The molecule has 0 N–H and O–H groups in total. The Balaban J connectivity index is 1.59. The van der Waals surface area contributed by atoms with E-state index in [4.69, 9.17) is 4.98 Å². The lowest BCUT2D eigenvalue weighted by Gasteiger charge is -2.23. The van der Waals surface area contributed by atoms with Gasteiger partial charge in [-0.25, -0.2) is 14.5 Å². The van der Waals surface area contributed by atoms with Crippen molar-refractivity contribution in [2.75, 3.05) is 0 Å². The number of nitrogens with zero attached hydrogens (tertiary/aromatic N) is 4. The van der Waals surface area contributed by atoms with Crippen LogP contribution in [-0.4, -0.2) is 19.6 Å². The molecule has 0 spiro atoms. The lowest BCUT2D eigenvalue weighted by atomic mass is 9.84. The van der Waals surface area contributed by atoms with E-state index in [1.807, 2.05) is 30.7 Å². The first kappa shape index (κ1) is 13.2. The Bertz CT molecular complexity index is 1030. The number of hydrogen-bond acceptors (Lipinski definition) is 4. The minimum absolute atomic E-state index is 0.767. The van der Waals surface area contributed by atoms with Gasteiger partial charge < -0.3 is 0 Å². The molecule has 5 rings (SSSR count). The minimum Gasteiger partial charge on any atom is -0.237 e. The summed E-state index contributed by atoms with van der Waals surface area (Å²) >= 11 is 1.85. The number of aromatic nitrogens is 4. The average Bonchev–Trinajstić information content (AvgIpc) is 3.05. The van der Waals surface area contributed by atoms with Crippen LogP contribution in [0.2, 0.25) is 0 Å². The van der Waals surface area contributed by atoms with Crippen molar-refractivity contribution < 1.29 is 0 Å². The Labute approximate surface area is 137 Å². The molecule has 0 saturated heterocycles. The maximum Gasteiger partial charge on any atom is 0.154 e. The van der Waals surface area contributed by atoms with Crippen LogP contribution in [0.15, 0.2) is 36.7 Å². The van der Waals surface area contributed by atoms with Crippen LogP contribution in [0, 0.1) is 6.92 Å². The molecule has 1 aliphatic rings. The molecule has 23 heavy (non-hydrogen) atoms. The molecular weight excluding hydrogens is 304 g/mol. The fourth-order valence-corrected chi connectivity index (χ4v) is 4.33. The molecule has 0 amide bonds. The molecule has 0 atom stereocenters. The standard InChI is InChI=1S/C18H16N4S/c1-11-10-22-17(20-11)8-14(9-19-22)15-6-5-13-7-16(12-3-2-4-12)23-18(13)21-15/h5-10,12H,2-4H2,1H3. The molecular formula is C18H16N4S. The van der Waals surface area contributed by atoms with Gasteiger partial charge in [0, 0.05) is 15.8 Å². The zero-order valence-electron chi connectivity index (χ0n) is 12.9.